The van der Waals surface area contributed by atoms with Crippen LogP contribution < -0.4 is 0 Å². The average molecular weight is 194 g/mol. The van der Waals surface area contributed by atoms with Gasteiger partial charge in [-0.25, -0.2) is 0 Å². The zero-order valence-corrected chi connectivity index (χ0v) is 8.86. The second-order valence-corrected chi connectivity index (χ2v) is 4.11. The van der Waals surface area contributed by atoms with Crippen molar-refractivity contribution < 1.29 is 4.79 Å². The predicted octanol–water partition coefficient (Wildman–Crippen LogP) is 2.82. The van der Waals surface area contributed by atoms with Gasteiger partial charge in [0.15, 0.2) is 0 Å². The molecule has 70 valence electrons. The fourth-order valence-corrected chi connectivity index (χ4v) is 2.01. The van der Waals surface area contributed by atoms with Crippen molar-refractivity contribution in [1.29, 1.82) is 0 Å². The standard InChI is InChI=1S/C11H14OS/c1-9-5-3-4-6-11(9)8-13-7-10(2)12/h3-6H,7-8H2,1-2H3. The third kappa shape index (κ3) is 3.64. The normalized spacial score (nSPS) is 10.0. The number of hydrogen-bond donors (Lipinski definition) is 0. The first-order valence-electron chi connectivity index (χ1n) is 4.32. The fourth-order valence-electron chi connectivity index (χ4n) is 1.08. The molecule has 0 spiro atoms. The topological polar surface area (TPSA) is 17.1 Å². The molecule has 0 saturated carbocycles. The number of rotatable bonds is 4. The number of benzene rings is 1. The first-order valence-corrected chi connectivity index (χ1v) is 5.47. The molecule has 0 atom stereocenters. The Balaban J connectivity index is 2.45. The Morgan fingerprint density at radius 1 is 1.38 bits per heavy atom. The van der Waals surface area contributed by atoms with Crippen LogP contribution in [0.2, 0.25) is 0 Å². The van der Waals surface area contributed by atoms with Gasteiger partial charge >= 0.3 is 0 Å². The maximum atomic E-state index is 10.7. The fraction of sp³-hybridized carbons (Fsp3) is 0.364. The van der Waals surface area contributed by atoms with Crippen LogP contribution >= 0.6 is 11.8 Å². The van der Waals surface area contributed by atoms with Crippen LogP contribution in [-0.4, -0.2) is 11.5 Å². The molecule has 13 heavy (non-hydrogen) atoms. The highest BCUT2D eigenvalue weighted by Gasteiger charge is 1.98. The number of ketones is 1. The van der Waals surface area contributed by atoms with Gasteiger partial charge in [0, 0.05) is 5.75 Å². The van der Waals surface area contributed by atoms with E-state index in [1.54, 1.807) is 18.7 Å². The minimum Gasteiger partial charge on any atom is -0.299 e. The Morgan fingerprint density at radius 2 is 2.08 bits per heavy atom. The van der Waals surface area contributed by atoms with Crippen molar-refractivity contribution >= 4 is 17.5 Å². The smallest absolute Gasteiger partial charge is 0.139 e. The number of aryl methyl sites for hydroxylation is 1. The maximum Gasteiger partial charge on any atom is 0.139 e. The molecule has 1 rings (SSSR count). The van der Waals surface area contributed by atoms with Crippen LogP contribution in [0.5, 0.6) is 0 Å². The summed E-state index contributed by atoms with van der Waals surface area (Å²) in [6.45, 7) is 3.73. The molecule has 0 bridgehead atoms. The largest absolute Gasteiger partial charge is 0.299 e. The van der Waals surface area contributed by atoms with E-state index in [0.29, 0.717) is 5.75 Å². The summed E-state index contributed by atoms with van der Waals surface area (Å²) in [7, 11) is 0. The summed E-state index contributed by atoms with van der Waals surface area (Å²) >= 11 is 1.68. The first-order chi connectivity index (χ1) is 6.20. The van der Waals surface area contributed by atoms with Crippen LogP contribution in [0.1, 0.15) is 18.1 Å². The van der Waals surface area contributed by atoms with Gasteiger partial charge in [0.2, 0.25) is 0 Å². The lowest BCUT2D eigenvalue weighted by Crippen LogP contribution is -1.94. The maximum absolute atomic E-state index is 10.7. The Labute approximate surface area is 83.5 Å². The monoisotopic (exact) mass is 194 g/mol. The van der Waals surface area contributed by atoms with Crippen molar-refractivity contribution in [3.05, 3.63) is 35.4 Å². The zero-order chi connectivity index (χ0) is 9.68. The van der Waals surface area contributed by atoms with E-state index in [2.05, 4.69) is 19.1 Å². The van der Waals surface area contributed by atoms with Gasteiger partial charge in [-0.05, 0) is 25.0 Å². The Bertz CT molecular complexity index is 294. The van der Waals surface area contributed by atoms with Crippen LogP contribution in [0.25, 0.3) is 0 Å². The molecule has 0 aliphatic heterocycles. The molecule has 0 aliphatic rings. The molecule has 0 radical (unpaired) electrons. The van der Waals surface area contributed by atoms with Crippen molar-refractivity contribution in [3.63, 3.8) is 0 Å². The molecule has 0 heterocycles. The van der Waals surface area contributed by atoms with E-state index in [0.717, 1.165) is 5.75 Å². The summed E-state index contributed by atoms with van der Waals surface area (Å²) < 4.78 is 0. The molecular weight excluding hydrogens is 180 g/mol. The lowest BCUT2D eigenvalue weighted by molar-refractivity contribution is -0.114. The van der Waals surface area contributed by atoms with E-state index >= 15 is 0 Å². The van der Waals surface area contributed by atoms with Gasteiger partial charge in [-0.1, -0.05) is 24.3 Å². The zero-order valence-electron chi connectivity index (χ0n) is 8.04. The minimum absolute atomic E-state index is 0.249. The number of carbonyl (C=O) groups excluding carboxylic acids is 1. The van der Waals surface area contributed by atoms with Crippen molar-refractivity contribution in [2.75, 3.05) is 5.75 Å². The number of hydrogen-bond acceptors (Lipinski definition) is 2. The molecule has 0 aliphatic carbocycles. The number of thioether (sulfide) groups is 1. The van der Waals surface area contributed by atoms with Gasteiger partial charge in [-0.2, -0.15) is 0 Å². The third-order valence-electron chi connectivity index (χ3n) is 1.82. The van der Waals surface area contributed by atoms with Crippen LogP contribution in [0, 0.1) is 6.92 Å². The van der Waals surface area contributed by atoms with E-state index in [-0.39, 0.29) is 5.78 Å². The third-order valence-corrected chi connectivity index (χ3v) is 2.95. The summed E-state index contributed by atoms with van der Waals surface area (Å²) in [5.74, 6) is 1.80. The van der Waals surface area contributed by atoms with Crippen molar-refractivity contribution in [1.82, 2.24) is 0 Å². The molecule has 1 aromatic carbocycles. The second-order valence-electron chi connectivity index (χ2n) is 3.12. The first kappa shape index (κ1) is 10.3. The molecule has 0 unspecified atom stereocenters. The van der Waals surface area contributed by atoms with Gasteiger partial charge in [0.05, 0.1) is 5.75 Å². The van der Waals surface area contributed by atoms with Gasteiger partial charge < -0.3 is 0 Å². The van der Waals surface area contributed by atoms with Gasteiger partial charge in [-0.3, -0.25) is 4.79 Å². The highest BCUT2D eigenvalue weighted by Crippen LogP contribution is 2.15. The van der Waals surface area contributed by atoms with Crippen LogP contribution in [0.15, 0.2) is 24.3 Å². The molecule has 0 N–H and O–H groups in total. The number of Topliss-reactive ketones (excluding diaryl/α,β-unsaturated/α-hetero) is 1. The van der Waals surface area contributed by atoms with Gasteiger partial charge in [0.25, 0.3) is 0 Å². The second kappa shape index (κ2) is 5.07. The van der Waals surface area contributed by atoms with Crippen molar-refractivity contribution in [3.8, 4) is 0 Å². The average Bonchev–Trinajstić information content (AvgIpc) is 2.08. The quantitative estimate of drug-likeness (QED) is 0.733. The summed E-state index contributed by atoms with van der Waals surface area (Å²) in [6, 6.07) is 8.29. The van der Waals surface area contributed by atoms with E-state index in [1.165, 1.54) is 11.1 Å². The number of carbonyl (C=O) groups is 1. The lowest BCUT2D eigenvalue weighted by atomic mass is 10.1. The highest BCUT2D eigenvalue weighted by molar-refractivity contribution is 7.99. The summed E-state index contributed by atoms with van der Waals surface area (Å²) in [6.07, 6.45) is 0. The van der Waals surface area contributed by atoms with Gasteiger partial charge in [0.1, 0.15) is 5.78 Å². The van der Waals surface area contributed by atoms with Gasteiger partial charge in [-0.15, -0.1) is 11.8 Å². The molecule has 1 aromatic rings. The summed E-state index contributed by atoms with van der Waals surface area (Å²) in [5, 5.41) is 0. The van der Waals surface area contributed by atoms with Crippen LogP contribution in [0.3, 0.4) is 0 Å². The minimum atomic E-state index is 0.249. The predicted molar refractivity (Wildman–Crippen MR) is 58.0 cm³/mol. The van der Waals surface area contributed by atoms with Crippen molar-refractivity contribution in [2.24, 2.45) is 0 Å². The highest BCUT2D eigenvalue weighted by atomic mass is 32.2. The van der Waals surface area contributed by atoms with Crippen LogP contribution in [0.4, 0.5) is 0 Å². The van der Waals surface area contributed by atoms with Crippen molar-refractivity contribution in [2.45, 2.75) is 19.6 Å². The van der Waals surface area contributed by atoms with E-state index < -0.39 is 0 Å². The Hall–Kier alpha value is -0.760. The SMILES string of the molecule is CC(=O)CSCc1ccccc1C. The Morgan fingerprint density at radius 3 is 2.69 bits per heavy atom. The lowest BCUT2D eigenvalue weighted by Gasteiger charge is -2.03. The summed E-state index contributed by atoms with van der Waals surface area (Å²) in [5.41, 5.74) is 2.63. The Kier molecular flexibility index (Phi) is 4.03. The van der Waals surface area contributed by atoms with E-state index in [9.17, 15) is 4.79 Å². The molecule has 0 saturated heterocycles. The van der Waals surface area contributed by atoms with E-state index in [1.807, 2.05) is 12.1 Å². The molecule has 0 aromatic heterocycles. The molecule has 0 fully saturated rings. The molecule has 0 amide bonds. The molecule has 1 nitrogen and oxygen atoms in total. The molecular formula is C11H14OS. The van der Waals surface area contributed by atoms with E-state index in [4.69, 9.17) is 0 Å². The summed E-state index contributed by atoms with van der Waals surface area (Å²) in [4.78, 5) is 10.7. The van der Waals surface area contributed by atoms with Crippen LogP contribution in [-0.2, 0) is 10.5 Å². The molecule has 2 heteroatoms.